The number of methoxy groups -OCH3 is 2. The number of aromatic hydroxyl groups is 2. The molecule has 3 heterocycles. The van der Waals surface area contributed by atoms with Gasteiger partial charge < -0.3 is 84.2 Å². The number of aliphatic hydroxyl groups excluding tert-OH is 8. The molecule has 5 rings (SSSR count). The molecule has 11 unspecified atom stereocenters. The minimum Gasteiger partial charge on any atom is -0.508 e. The van der Waals surface area contributed by atoms with Gasteiger partial charge in [0.1, 0.15) is 71.8 Å². The summed E-state index contributed by atoms with van der Waals surface area (Å²) in [5, 5.41) is 102. The fraction of sp³-hybridized carbons (Fsp3) is 0.517. The maximum Gasteiger partial charge on any atom is 0.229 e. The van der Waals surface area contributed by atoms with E-state index in [2.05, 4.69) is 0 Å². The Kier molecular flexibility index (Phi) is 9.99. The summed E-state index contributed by atoms with van der Waals surface area (Å²) in [5.41, 5.74) is 0.330. The van der Waals surface area contributed by atoms with Gasteiger partial charge >= 0.3 is 0 Å². The highest BCUT2D eigenvalue weighted by Crippen LogP contribution is 2.48. The molecule has 2 aromatic carbocycles. The summed E-state index contributed by atoms with van der Waals surface area (Å²) in [6.07, 6.45) is -16.3. The summed E-state index contributed by atoms with van der Waals surface area (Å²) in [4.78, 5) is 0. The first kappa shape index (κ1) is 33.7. The van der Waals surface area contributed by atoms with Crippen molar-refractivity contribution in [1.82, 2.24) is 0 Å². The van der Waals surface area contributed by atoms with Crippen molar-refractivity contribution in [3.63, 3.8) is 0 Å². The standard InChI is InChI=1S/C29H36O17/c1-40-15-3-10(4-16(41-2)20(15)33)27-17(44-29-26(39)24(37)22(35)19(9-31)46-29)7-12-13(42-27)5-11(32)6-14(12)43-28-25(38)23(36)21(34)18(8-30)45-28/h3-7,18-19,21-39H,8-9H2,1-2H3. The molecular formula is C29H36O17. The summed E-state index contributed by atoms with van der Waals surface area (Å²) in [7, 11) is 2.61. The Morgan fingerprint density at radius 3 is 1.67 bits per heavy atom. The largest absolute Gasteiger partial charge is 0.508 e. The van der Waals surface area contributed by atoms with Crippen LogP contribution in [0, 0.1) is 0 Å². The molecule has 254 valence electrons. The molecule has 11 atom stereocenters. The third kappa shape index (κ3) is 6.21. The highest BCUT2D eigenvalue weighted by atomic mass is 16.7. The van der Waals surface area contributed by atoms with E-state index >= 15 is 0 Å². The van der Waals surface area contributed by atoms with Crippen molar-refractivity contribution in [2.75, 3.05) is 27.4 Å². The molecule has 0 spiro atoms. The summed E-state index contributed by atoms with van der Waals surface area (Å²) < 4.78 is 39.5. The van der Waals surface area contributed by atoms with Crippen molar-refractivity contribution in [2.24, 2.45) is 0 Å². The van der Waals surface area contributed by atoms with Gasteiger partial charge in [0.2, 0.25) is 18.3 Å². The zero-order valence-corrected chi connectivity index (χ0v) is 24.5. The van der Waals surface area contributed by atoms with Crippen LogP contribution in [0.4, 0.5) is 0 Å². The number of hydrogen-bond acceptors (Lipinski definition) is 17. The Hall–Kier alpha value is -3.62. The van der Waals surface area contributed by atoms with Crippen LogP contribution < -0.4 is 18.9 Å². The second-order valence-corrected chi connectivity index (χ2v) is 10.8. The van der Waals surface area contributed by atoms with Gasteiger partial charge in [-0.05, 0) is 18.2 Å². The van der Waals surface area contributed by atoms with Gasteiger partial charge in [-0.1, -0.05) is 0 Å². The second kappa shape index (κ2) is 13.6. The van der Waals surface area contributed by atoms with Crippen LogP contribution in [0.3, 0.4) is 0 Å². The SMILES string of the molecule is COc1cc(C2Oc3cc(O)cc(OC4OC(CO)C(O)C(O)C4O)c3C=C2OC2OC(CO)C(O)C(O)C2O)cc(OC)c1O. The van der Waals surface area contributed by atoms with E-state index < -0.39 is 80.7 Å². The lowest BCUT2D eigenvalue weighted by Gasteiger charge is -2.41. The van der Waals surface area contributed by atoms with Crippen LogP contribution in [0.5, 0.6) is 34.5 Å². The first-order valence-electron chi connectivity index (χ1n) is 14.1. The Balaban J connectivity index is 1.59. The maximum absolute atomic E-state index is 10.7. The molecule has 10 N–H and O–H groups in total. The first-order valence-corrected chi connectivity index (χ1v) is 14.1. The molecule has 0 radical (unpaired) electrons. The van der Waals surface area contributed by atoms with Crippen LogP contribution in [0.15, 0.2) is 30.0 Å². The molecule has 17 nitrogen and oxygen atoms in total. The minimum absolute atomic E-state index is 0.0153. The molecule has 0 bridgehead atoms. The molecule has 0 amide bonds. The smallest absolute Gasteiger partial charge is 0.229 e. The molecule has 0 aliphatic carbocycles. The van der Waals surface area contributed by atoms with Gasteiger partial charge in [0.25, 0.3) is 0 Å². The van der Waals surface area contributed by atoms with Gasteiger partial charge in [0.15, 0.2) is 17.6 Å². The van der Waals surface area contributed by atoms with E-state index in [4.69, 9.17) is 33.2 Å². The minimum atomic E-state index is -1.81. The lowest BCUT2D eigenvalue weighted by Crippen LogP contribution is -2.60. The molecule has 3 aliphatic rings. The molecular weight excluding hydrogens is 620 g/mol. The number of fused-ring (bicyclic) bond motifs is 1. The van der Waals surface area contributed by atoms with Crippen molar-refractivity contribution in [3.8, 4) is 34.5 Å². The summed E-state index contributed by atoms with van der Waals surface area (Å²) >= 11 is 0. The predicted octanol–water partition coefficient (Wildman–Crippen LogP) is -2.42. The van der Waals surface area contributed by atoms with E-state index in [1.165, 1.54) is 38.5 Å². The monoisotopic (exact) mass is 656 g/mol. The fourth-order valence-corrected chi connectivity index (χ4v) is 5.31. The van der Waals surface area contributed by atoms with E-state index in [1.807, 2.05) is 0 Å². The zero-order chi connectivity index (χ0) is 33.4. The van der Waals surface area contributed by atoms with Gasteiger partial charge in [-0.2, -0.15) is 0 Å². The third-order valence-corrected chi connectivity index (χ3v) is 7.88. The van der Waals surface area contributed by atoms with E-state index in [0.29, 0.717) is 0 Å². The highest BCUT2D eigenvalue weighted by Gasteiger charge is 2.47. The number of phenolic OH excluding ortho intramolecular Hbond substituents is 2. The molecule has 46 heavy (non-hydrogen) atoms. The van der Waals surface area contributed by atoms with Gasteiger partial charge in [0, 0.05) is 17.7 Å². The summed E-state index contributed by atoms with van der Waals surface area (Å²) in [5.74, 6) is -1.05. The van der Waals surface area contributed by atoms with Crippen LogP contribution in [0.2, 0.25) is 0 Å². The molecule has 0 aromatic heterocycles. The van der Waals surface area contributed by atoms with Crippen LogP contribution in [-0.2, 0) is 14.2 Å². The summed E-state index contributed by atoms with van der Waals surface area (Å²) in [6, 6.07) is 5.13. The van der Waals surface area contributed by atoms with Crippen molar-refractivity contribution < 1.29 is 84.2 Å². The Morgan fingerprint density at radius 1 is 0.652 bits per heavy atom. The predicted molar refractivity (Wildman–Crippen MR) is 150 cm³/mol. The fourth-order valence-electron chi connectivity index (χ4n) is 5.31. The van der Waals surface area contributed by atoms with Gasteiger partial charge in [-0.3, -0.25) is 0 Å². The number of rotatable bonds is 9. The van der Waals surface area contributed by atoms with Crippen molar-refractivity contribution in [2.45, 2.75) is 67.5 Å². The maximum atomic E-state index is 10.7. The van der Waals surface area contributed by atoms with E-state index in [1.54, 1.807) is 0 Å². The van der Waals surface area contributed by atoms with Gasteiger partial charge in [0.05, 0.1) is 33.0 Å². The third-order valence-electron chi connectivity index (χ3n) is 7.88. The average Bonchev–Trinajstić information content (AvgIpc) is 3.05. The van der Waals surface area contributed by atoms with Crippen LogP contribution in [0.1, 0.15) is 17.2 Å². The van der Waals surface area contributed by atoms with Gasteiger partial charge in [-0.25, -0.2) is 0 Å². The lowest BCUT2D eigenvalue weighted by atomic mass is 9.98. The van der Waals surface area contributed by atoms with Crippen LogP contribution in [0.25, 0.3) is 6.08 Å². The normalized spacial score (nSPS) is 34.1. The first-order chi connectivity index (χ1) is 21.9. The van der Waals surface area contributed by atoms with Crippen LogP contribution in [-0.4, -0.2) is 140 Å². The second-order valence-electron chi connectivity index (χ2n) is 10.8. The number of ether oxygens (including phenoxy) is 7. The number of benzene rings is 2. The molecule has 2 fully saturated rings. The van der Waals surface area contributed by atoms with Crippen molar-refractivity contribution >= 4 is 6.08 Å². The van der Waals surface area contributed by atoms with E-state index in [-0.39, 0.29) is 51.4 Å². The number of aliphatic hydroxyl groups is 8. The molecule has 2 saturated heterocycles. The average molecular weight is 657 g/mol. The van der Waals surface area contributed by atoms with Gasteiger partial charge in [-0.15, -0.1) is 0 Å². The quantitative estimate of drug-likeness (QED) is 0.135. The van der Waals surface area contributed by atoms with Crippen molar-refractivity contribution in [3.05, 3.63) is 41.2 Å². The Labute approximate surface area is 261 Å². The number of hydrogen-bond donors (Lipinski definition) is 10. The molecule has 17 heteroatoms. The number of phenols is 2. The molecule has 0 saturated carbocycles. The Morgan fingerprint density at radius 2 is 1.17 bits per heavy atom. The van der Waals surface area contributed by atoms with E-state index in [0.717, 1.165) is 6.07 Å². The lowest BCUT2D eigenvalue weighted by molar-refractivity contribution is -0.293. The molecule has 3 aliphatic heterocycles. The summed E-state index contributed by atoms with van der Waals surface area (Å²) in [6.45, 7) is -1.44. The molecule has 2 aromatic rings. The topological polar surface area (TPSA) is 267 Å². The van der Waals surface area contributed by atoms with Crippen LogP contribution >= 0.6 is 0 Å². The van der Waals surface area contributed by atoms with E-state index in [9.17, 15) is 51.1 Å². The zero-order valence-electron chi connectivity index (χ0n) is 24.5. The Bertz CT molecular complexity index is 1390. The highest BCUT2D eigenvalue weighted by molar-refractivity contribution is 5.70. The van der Waals surface area contributed by atoms with Crippen molar-refractivity contribution in [1.29, 1.82) is 0 Å².